The van der Waals surface area contributed by atoms with Crippen LogP contribution in [0.25, 0.3) is 11.2 Å². The van der Waals surface area contributed by atoms with Gasteiger partial charge in [0.05, 0.1) is 18.6 Å². The summed E-state index contributed by atoms with van der Waals surface area (Å²) in [4.78, 5) is 31.0. The van der Waals surface area contributed by atoms with E-state index in [0.29, 0.717) is 17.1 Å². The number of anilines is 1. The van der Waals surface area contributed by atoms with E-state index >= 15 is 0 Å². The first-order chi connectivity index (χ1) is 11.3. The Balaban J connectivity index is 1.62. The predicted molar refractivity (Wildman–Crippen MR) is 81.9 cm³/mol. The average Bonchev–Trinajstić information content (AvgIpc) is 3.17. The van der Waals surface area contributed by atoms with Crippen LogP contribution in [0.3, 0.4) is 0 Å². The lowest BCUT2D eigenvalue weighted by atomic mass is 10.2. The smallest absolute Gasteiger partial charge is 0.354 e. The van der Waals surface area contributed by atoms with Crippen molar-refractivity contribution >= 4 is 24.7 Å². The van der Waals surface area contributed by atoms with Crippen molar-refractivity contribution in [1.29, 1.82) is 0 Å². The topological polar surface area (TPSA) is 136 Å². The molecule has 0 unspecified atom stereocenters. The summed E-state index contributed by atoms with van der Waals surface area (Å²) in [6, 6.07) is 0. The molecule has 0 bridgehead atoms. The van der Waals surface area contributed by atoms with Crippen LogP contribution in [0.4, 0.5) is 10.3 Å². The van der Waals surface area contributed by atoms with E-state index in [2.05, 4.69) is 15.0 Å². The molecule has 3 atom stereocenters. The van der Waals surface area contributed by atoms with Crippen LogP contribution < -0.4 is 5.73 Å². The van der Waals surface area contributed by atoms with Gasteiger partial charge in [0.15, 0.2) is 11.5 Å². The molecule has 2 aromatic rings. The second-order valence-corrected chi connectivity index (χ2v) is 8.03. The summed E-state index contributed by atoms with van der Waals surface area (Å²) in [6.45, 7) is 0.0503. The zero-order chi connectivity index (χ0) is 17.1. The minimum Gasteiger partial charge on any atom is -0.368 e. The molecule has 1 aliphatic heterocycles. The van der Waals surface area contributed by atoms with Gasteiger partial charge in [-0.3, -0.25) is 4.57 Å². The van der Waals surface area contributed by atoms with Crippen molar-refractivity contribution in [3.05, 3.63) is 12.0 Å². The number of aromatic nitrogens is 4. The SMILES string of the molecule is Nc1nc(C2CC2)c2ncn(C[C@H]3O[C@H](P(=O)(O)O)C[C@H]3F)c2n1. The van der Waals surface area contributed by atoms with Gasteiger partial charge in [0.25, 0.3) is 0 Å². The van der Waals surface area contributed by atoms with Gasteiger partial charge in [-0.2, -0.15) is 4.98 Å². The van der Waals surface area contributed by atoms with Crippen molar-refractivity contribution in [1.82, 2.24) is 19.5 Å². The molecule has 3 heterocycles. The molecule has 1 saturated carbocycles. The van der Waals surface area contributed by atoms with Gasteiger partial charge in [-0.15, -0.1) is 0 Å². The highest BCUT2D eigenvalue weighted by Crippen LogP contribution is 2.49. The Labute approximate surface area is 136 Å². The Hall–Kier alpha value is -1.61. The maximum atomic E-state index is 14.1. The van der Waals surface area contributed by atoms with E-state index in [1.807, 2.05) is 0 Å². The summed E-state index contributed by atoms with van der Waals surface area (Å²) in [6.07, 6.45) is 0.793. The number of hydrogen-bond donors (Lipinski definition) is 3. The molecular formula is C13H17FN5O4P. The molecule has 2 fully saturated rings. The van der Waals surface area contributed by atoms with Crippen molar-refractivity contribution in [2.75, 3.05) is 5.73 Å². The molecule has 1 saturated heterocycles. The summed E-state index contributed by atoms with van der Waals surface area (Å²) in [5.41, 5.74) is 7.68. The van der Waals surface area contributed by atoms with Gasteiger partial charge in [-0.05, 0) is 12.8 Å². The van der Waals surface area contributed by atoms with Crippen LogP contribution in [-0.4, -0.2) is 47.4 Å². The van der Waals surface area contributed by atoms with Gasteiger partial charge in [0, 0.05) is 12.3 Å². The van der Waals surface area contributed by atoms with Crippen LogP contribution in [0.2, 0.25) is 0 Å². The number of hydrogen-bond acceptors (Lipinski definition) is 6. The summed E-state index contributed by atoms with van der Waals surface area (Å²) >= 11 is 0. The molecule has 9 nitrogen and oxygen atoms in total. The number of imidazole rings is 1. The first-order valence-electron chi connectivity index (χ1n) is 7.66. The highest BCUT2D eigenvalue weighted by molar-refractivity contribution is 7.52. The molecule has 4 N–H and O–H groups in total. The van der Waals surface area contributed by atoms with Crippen molar-refractivity contribution < 1.29 is 23.5 Å². The number of rotatable bonds is 4. The fourth-order valence-electron chi connectivity index (χ4n) is 3.01. The number of ether oxygens (including phenoxy) is 1. The lowest BCUT2D eigenvalue weighted by molar-refractivity contribution is 0.0400. The molecule has 11 heteroatoms. The van der Waals surface area contributed by atoms with Crippen molar-refractivity contribution in [2.45, 2.75) is 49.8 Å². The van der Waals surface area contributed by atoms with E-state index < -0.39 is 25.7 Å². The molecule has 0 aromatic carbocycles. The van der Waals surface area contributed by atoms with Crippen molar-refractivity contribution in [3.8, 4) is 0 Å². The maximum Gasteiger partial charge on any atom is 0.354 e. The molecule has 0 spiro atoms. The van der Waals surface area contributed by atoms with Gasteiger partial charge in [-0.25, -0.2) is 14.4 Å². The van der Waals surface area contributed by atoms with E-state index in [4.69, 9.17) is 20.3 Å². The molecule has 4 rings (SSSR count). The Morgan fingerprint density at radius 2 is 2.17 bits per heavy atom. The Morgan fingerprint density at radius 1 is 1.42 bits per heavy atom. The highest BCUT2D eigenvalue weighted by atomic mass is 31.2. The molecule has 0 radical (unpaired) electrons. The van der Waals surface area contributed by atoms with E-state index in [9.17, 15) is 8.96 Å². The first-order valence-corrected chi connectivity index (χ1v) is 9.34. The third kappa shape index (κ3) is 2.79. The summed E-state index contributed by atoms with van der Waals surface area (Å²) in [7, 11) is -4.48. The third-order valence-electron chi connectivity index (χ3n) is 4.39. The number of nitrogens with two attached hydrogens (primary N) is 1. The van der Waals surface area contributed by atoms with Gasteiger partial charge in [-0.1, -0.05) is 0 Å². The van der Waals surface area contributed by atoms with Crippen molar-refractivity contribution in [3.63, 3.8) is 0 Å². The third-order valence-corrected chi connectivity index (χ3v) is 5.47. The summed E-state index contributed by atoms with van der Waals surface area (Å²) in [5.74, 6) is -0.950. The molecule has 2 aromatic heterocycles. The number of halogens is 1. The highest BCUT2D eigenvalue weighted by Gasteiger charge is 2.44. The quantitative estimate of drug-likeness (QED) is 0.687. The van der Waals surface area contributed by atoms with Crippen LogP contribution >= 0.6 is 7.60 Å². The standard InChI is InChI=1S/C13H17FN5O4P/c14-7-3-9(24(20,21)22)23-8(7)4-19-5-16-11-10(6-1-2-6)17-13(15)18-12(11)19/h5-9H,1-4H2,(H2,15,17,18)(H2,20,21,22)/t7-,8-,9-/m1/s1. The normalized spacial score (nSPS) is 27.9. The van der Waals surface area contributed by atoms with Crippen LogP contribution in [0.1, 0.15) is 30.9 Å². The summed E-state index contributed by atoms with van der Waals surface area (Å²) in [5, 5.41) is 0. The minimum absolute atomic E-state index is 0.0503. The second kappa shape index (κ2) is 5.45. The van der Waals surface area contributed by atoms with Crippen LogP contribution in [0.15, 0.2) is 6.33 Å². The number of nitrogens with zero attached hydrogens (tertiary/aromatic N) is 4. The number of fused-ring (bicyclic) bond motifs is 1. The zero-order valence-corrected chi connectivity index (χ0v) is 13.5. The number of alkyl halides is 1. The van der Waals surface area contributed by atoms with E-state index in [1.165, 1.54) is 6.33 Å². The fourth-order valence-corrected chi connectivity index (χ4v) is 3.80. The predicted octanol–water partition coefficient (Wildman–Crippen LogP) is 0.917. The maximum absolute atomic E-state index is 14.1. The molecule has 0 amide bonds. The second-order valence-electron chi connectivity index (χ2n) is 6.28. The van der Waals surface area contributed by atoms with E-state index in [-0.39, 0.29) is 18.9 Å². The lowest BCUT2D eigenvalue weighted by Crippen LogP contribution is -2.24. The zero-order valence-electron chi connectivity index (χ0n) is 12.6. The van der Waals surface area contributed by atoms with Gasteiger partial charge >= 0.3 is 7.60 Å². The van der Waals surface area contributed by atoms with E-state index in [0.717, 1.165) is 18.5 Å². The van der Waals surface area contributed by atoms with Crippen LogP contribution in [0.5, 0.6) is 0 Å². The van der Waals surface area contributed by atoms with Gasteiger partial charge < -0.3 is 24.8 Å². The summed E-state index contributed by atoms with van der Waals surface area (Å²) < 4.78 is 32.2. The Kier molecular flexibility index (Phi) is 3.61. The number of nitrogen functional groups attached to an aromatic ring is 1. The largest absolute Gasteiger partial charge is 0.368 e. The van der Waals surface area contributed by atoms with Crippen LogP contribution in [-0.2, 0) is 15.8 Å². The molecule has 2 aliphatic rings. The van der Waals surface area contributed by atoms with Gasteiger partial charge in [0.2, 0.25) is 5.95 Å². The molecule has 1 aliphatic carbocycles. The molecule has 130 valence electrons. The van der Waals surface area contributed by atoms with Gasteiger partial charge in [0.1, 0.15) is 17.8 Å². The minimum atomic E-state index is -4.48. The monoisotopic (exact) mass is 357 g/mol. The van der Waals surface area contributed by atoms with E-state index in [1.54, 1.807) is 4.57 Å². The Bertz CT molecular complexity index is 835. The Morgan fingerprint density at radius 3 is 2.79 bits per heavy atom. The first kappa shape index (κ1) is 15.9. The average molecular weight is 357 g/mol. The lowest BCUT2D eigenvalue weighted by Gasteiger charge is -2.15. The molecular weight excluding hydrogens is 340 g/mol. The molecule has 24 heavy (non-hydrogen) atoms. The fraction of sp³-hybridized carbons (Fsp3) is 0.615. The van der Waals surface area contributed by atoms with Crippen molar-refractivity contribution in [2.24, 2.45) is 0 Å². The van der Waals surface area contributed by atoms with Crippen LogP contribution in [0, 0.1) is 0 Å².